The van der Waals surface area contributed by atoms with Gasteiger partial charge in [-0.2, -0.15) is 8.42 Å². The van der Waals surface area contributed by atoms with Gasteiger partial charge in [-0.25, -0.2) is 0 Å². The zero-order chi connectivity index (χ0) is 15.3. The van der Waals surface area contributed by atoms with Crippen molar-refractivity contribution in [3.63, 3.8) is 0 Å². The van der Waals surface area contributed by atoms with E-state index in [4.69, 9.17) is 4.18 Å². The standard InChI is InChI=1S/C18H12O3S/c1-2-22(19,20)21-16-11-9-14-7-6-12-4-3-5-13-8-10-15(16)18(14)17(12)13/h2-11H,1H2. The molecule has 4 rings (SSSR count). The smallest absolute Gasteiger partial charge is 0.331 e. The summed E-state index contributed by atoms with van der Waals surface area (Å²) < 4.78 is 28.5. The molecule has 0 saturated heterocycles. The summed E-state index contributed by atoms with van der Waals surface area (Å²) >= 11 is 0. The lowest BCUT2D eigenvalue weighted by molar-refractivity contribution is 0.499. The van der Waals surface area contributed by atoms with E-state index in [0.717, 1.165) is 37.7 Å². The SMILES string of the molecule is C=CS(=O)(=O)Oc1ccc2ccc3cccc4ccc1c2c34. The summed E-state index contributed by atoms with van der Waals surface area (Å²) in [5.74, 6) is 0.325. The van der Waals surface area contributed by atoms with E-state index in [1.807, 2.05) is 30.3 Å². The first-order valence-electron chi connectivity index (χ1n) is 6.82. The van der Waals surface area contributed by atoms with Crippen LogP contribution < -0.4 is 4.18 Å². The average molecular weight is 308 g/mol. The molecule has 4 aromatic rings. The van der Waals surface area contributed by atoms with Crippen LogP contribution >= 0.6 is 0 Å². The summed E-state index contributed by atoms with van der Waals surface area (Å²) in [6.45, 7) is 3.28. The van der Waals surface area contributed by atoms with Gasteiger partial charge in [-0.15, -0.1) is 0 Å². The van der Waals surface area contributed by atoms with Crippen molar-refractivity contribution in [1.82, 2.24) is 0 Å². The van der Waals surface area contributed by atoms with Crippen molar-refractivity contribution in [2.75, 3.05) is 0 Å². The molecular weight excluding hydrogens is 296 g/mol. The van der Waals surface area contributed by atoms with Gasteiger partial charge in [0.05, 0.1) is 5.41 Å². The Morgan fingerprint density at radius 2 is 1.41 bits per heavy atom. The third-order valence-corrected chi connectivity index (χ3v) is 4.72. The predicted octanol–water partition coefficient (Wildman–Crippen LogP) is 4.44. The van der Waals surface area contributed by atoms with Crippen LogP contribution in [0.2, 0.25) is 0 Å². The van der Waals surface area contributed by atoms with Crippen molar-refractivity contribution >= 4 is 42.4 Å². The third kappa shape index (κ3) is 1.84. The Hall–Kier alpha value is -2.59. The quantitative estimate of drug-likeness (QED) is 0.415. The Bertz CT molecular complexity index is 1110. The van der Waals surface area contributed by atoms with E-state index in [1.165, 1.54) is 0 Å². The minimum absolute atomic E-state index is 0.325. The number of hydrogen-bond acceptors (Lipinski definition) is 3. The molecule has 0 fully saturated rings. The molecule has 3 nitrogen and oxygen atoms in total. The van der Waals surface area contributed by atoms with Crippen LogP contribution in [0.25, 0.3) is 32.3 Å². The average Bonchev–Trinajstić information content (AvgIpc) is 2.54. The molecule has 4 aromatic carbocycles. The van der Waals surface area contributed by atoms with Gasteiger partial charge in [-0.1, -0.05) is 49.0 Å². The van der Waals surface area contributed by atoms with Crippen LogP contribution in [0.4, 0.5) is 0 Å². The lowest BCUT2D eigenvalue weighted by Gasteiger charge is -2.13. The number of rotatable bonds is 3. The molecule has 0 aromatic heterocycles. The Morgan fingerprint density at radius 1 is 0.818 bits per heavy atom. The summed E-state index contributed by atoms with van der Waals surface area (Å²) in [5.41, 5.74) is 0. The van der Waals surface area contributed by atoms with Crippen molar-refractivity contribution in [3.05, 3.63) is 66.6 Å². The van der Waals surface area contributed by atoms with E-state index in [-0.39, 0.29) is 0 Å². The van der Waals surface area contributed by atoms with E-state index in [1.54, 1.807) is 6.07 Å². The van der Waals surface area contributed by atoms with Gasteiger partial charge >= 0.3 is 10.1 Å². The van der Waals surface area contributed by atoms with Crippen molar-refractivity contribution in [2.45, 2.75) is 0 Å². The summed E-state index contributed by atoms with van der Waals surface area (Å²) in [6.07, 6.45) is 0. The van der Waals surface area contributed by atoms with Crippen molar-refractivity contribution in [2.24, 2.45) is 0 Å². The molecule has 0 aliphatic heterocycles. The van der Waals surface area contributed by atoms with Crippen LogP contribution in [-0.2, 0) is 10.1 Å². The van der Waals surface area contributed by atoms with Gasteiger partial charge in [0, 0.05) is 10.8 Å². The fourth-order valence-electron chi connectivity index (χ4n) is 2.94. The van der Waals surface area contributed by atoms with Crippen LogP contribution in [0.1, 0.15) is 0 Å². The van der Waals surface area contributed by atoms with E-state index < -0.39 is 10.1 Å². The van der Waals surface area contributed by atoms with Crippen molar-refractivity contribution < 1.29 is 12.6 Å². The van der Waals surface area contributed by atoms with E-state index in [0.29, 0.717) is 5.75 Å². The molecule has 0 heterocycles. The van der Waals surface area contributed by atoms with Gasteiger partial charge in [0.25, 0.3) is 0 Å². The predicted molar refractivity (Wildman–Crippen MR) is 89.9 cm³/mol. The van der Waals surface area contributed by atoms with Crippen LogP contribution in [0, 0.1) is 0 Å². The first kappa shape index (κ1) is 13.1. The van der Waals surface area contributed by atoms with Gasteiger partial charge in [0.15, 0.2) is 5.75 Å². The van der Waals surface area contributed by atoms with E-state index in [2.05, 4.69) is 24.8 Å². The third-order valence-electron chi connectivity index (χ3n) is 3.90. The Morgan fingerprint density at radius 3 is 2.09 bits per heavy atom. The maximum atomic E-state index is 11.7. The lowest BCUT2D eigenvalue weighted by Crippen LogP contribution is -2.05. The first-order valence-corrected chi connectivity index (χ1v) is 8.30. The molecule has 4 heteroatoms. The second kappa shape index (κ2) is 4.45. The van der Waals surface area contributed by atoms with Gasteiger partial charge < -0.3 is 4.18 Å². The Kier molecular flexibility index (Phi) is 2.65. The zero-order valence-corrected chi connectivity index (χ0v) is 12.4. The largest absolute Gasteiger partial charge is 0.379 e. The fourth-order valence-corrected chi connectivity index (χ4v) is 3.40. The molecule has 108 valence electrons. The summed E-state index contributed by atoms with van der Waals surface area (Å²) in [4.78, 5) is 0. The zero-order valence-electron chi connectivity index (χ0n) is 11.6. The van der Waals surface area contributed by atoms with Crippen LogP contribution in [-0.4, -0.2) is 8.42 Å². The molecule has 22 heavy (non-hydrogen) atoms. The molecular formula is C18H12O3S. The molecule has 0 aliphatic carbocycles. The van der Waals surface area contributed by atoms with Crippen molar-refractivity contribution in [1.29, 1.82) is 0 Å². The Labute approximate surface area is 127 Å². The normalized spacial score (nSPS) is 12.2. The highest BCUT2D eigenvalue weighted by Crippen LogP contribution is 2.38. The highest BCUT2D eigenvalue weighted by Gasteiger charge is 2.14. The van der Waals surface area contributed by atoms with E-state index in [9.17, 15) is 8.42 Å². The number of hydrogen-bond donors (Lipinski definition) is 0. The summed E-state index contributed by atoms with van der Waals surface area (Å²) in [7, 11) is -3.78. The molecule has 0 saturated carbocycles. The lowest BCUT2D eigenvalue weighted by atomic mass is 9.94. The van der Waals surface area contributed by atoms with E-state index >= 15 is 0 Å². The molecule has 0 bridgehead atoms. The van der Waals surface area contributed by atoms with Crippen LogP contribution in [0.3, 0.4) is 0 Å². The number of benzene rings is 4. The highest BCUT2D eigenvalue weighted by atomic mass is 32.2. The van der Waals surface area contributed by atoms with Gasteiger partial charge in [-0.05, 0) is 33.7 Å². The maximum absolute atomic E-state index is 11.7. The molecule has 0 unspecified atom stereocenters. The van der Waals surface area contributed by atoms with Crippen molar-refractivity contribution in [3.8, 4) is 5.75 Å². The highest BCUT2D eigenvalue weighted by molar-refractivity contribution is 7.90. The minimum atomic E-state index is -3.78. The molecule has 0 aliphatic rings. The monoisotopic (exact) mass is 308 g/mol. The molecule has 0 radical (unpaired) electrons. The van der Waals surface area contributed by atoms with Crippen LogP contribution in [0.15, 0.2) is 66.6 Å². The molecule has 0 amide bonds. The Balaban J connectivity index is 2.15. The summed E-state index contributed by atoms with van der Waals surface area (Å²) in [6, 6.07) is 17.7. The molecule has 0 N–H and O–H groups in total. The first-order chi connectivity index (χ1) is 10.6. The topological polar surface area (TPSA) is 43.4 Å². The van der Waals surface area contributed by atoms with Crippen LogP contribution in [0.5, 0.6) is 5.75 Å². The van der Waals surface area contributed by atoms with Gasteiger partial charge in [0.1, 0.15) is 0 Å². The summed E-state index contributed by atoms with van der Waals surface area (Å²) in [5, 5.41) is 7.05. The van der Waals surface area contributed by atoms with Gasteiger partial charge in [-0.3, -0.25) is 0 Å². The van der Waals surface area contributed by atoms with Gasteiger partial charge in [0.2, 0.25) is 0 Å². The minimum Gasteiger partial charge on any atom is -0.379 e. The second-order valence-corrected chi connectivity index (χ2v) is 6.65. The maximum Gasteiger partial charge on any atom is 0.331 e. The second-order valence-electron chi connectivity index (χ2n) is 5.16. The molecule has 0 atom stereocenters. The molecule has 0 spiro atoms. The fraction of sp³-hybridized carbons (Fsp3) is 0.